The number of fused-ring (bicyclic) bond motifs is 3. The van der Waals surface area contributed by atoms with Crippen LogP contribution in [0.2, 0.25) is 0 Å². The van der Waals surface area contributed by atoms with Gasteiger partial charge in [-0.05, 0) is 65.9 Å². The molecule has 9 heteroatoms. The predicted octanol–water partition coefficient (Wildman–Crippen LogP) is 7.61. The van der Waals surface area contributed by atoms with Gasteiger partial charge >= 0.3 is 0 Å². The van der Waals surface area contributed by atoms with Crippen LogP contribution < -0.4 is 10.2 Å². The zero-order valence-electron chi connectivity index (χ0n) is 26.1. The van der Waals surface area contributed by atoms with E-state index < -0.39 is 0 Å². The van der Waals surface area contributed by atoms with Crippen LogP contribution in [0.3, 0.4) is 0 Å². The first kappa shape index (κ1) is 30.1. The van der Waals surface area contributed by atoms with Crippen LogP contribution in [0.15, 0.2) is 101 Å². The first-order valence-corrected chi connectivity index (χ1v) is 15.9. The summed E-state index contributed by atoms with van der Waals surface area (Å²) < 4.78 is 9.63. The number of carbonyl (C=O) groups is 1. The maximum Gasteiger partial charge on any atom is 0.250 e. The minimum absolute atomic E-state index is 0.0429. The highest BCUT2D eigenvalue weighted by molar-refractivity contribution is 7.99. The third kappa shape index (κ3) is 6.21. The Kier molecular flexibility index (Phi) is 8.45. The fourth-order valence-electron chi connectivity index (χ4n) is 5.47. The molecule has 0 aliphatic rings. The van der Waals surface area contributed by atoms with Crippen LogP contribution in [0.4, 0.5) is 0 Å². The molecular weight excluding hydrogens is 581 g/mol. The van der Waals surface area contributed by atoms with Crippen LogP contribution >= 0.6 is 11.8 Å². The van der Waals surface area contributed by atoms with Crippen molar-refractivity contribution in [1.82, 2.24) is 24.8 Å². The number of rotatable bonds is 9. The lowest BCUT2D eigenvalue weighted by Gasteiger charge is -2.19. The summed E-state index contributed by atoms with van der Waals surface area (Å²) in [6.07, 6.45) is 1.68. The van der Waals surface area contributed by atoms with Gasteiger partial charge in [0.1, 0.15) is 5.75 Å². The second kappa shape index (κ2) is 12.6. The lowest BCUT2D eigenvalue weighted by atomic mass is 9.87. The minimum Gasteiger partial charge on any atom is -0.497 e. The molecule has 0 bridgehead atoms. The molecule has 2 aromatic heterocycles. The van der Waals surface area contributed by atoms with Gasteiger partial charge in [-0.1, -0.05) is 81.1 Å². The molecule has 228 valence electrons. The number of nitrogens with zero attached hydrogens (tertiary/aromatic N) is 5. The molecule has 0 saturated carbocycles. The zero-order chi connectivity index (χ0) is 31.6. The molecule has 6 rings (SSSR count). The standard InChI is InChI=1S/C36H36N6O2S/c1-6-41-31-10-8-7-9-29(31)30-21-24(11-20-32(30)41)22-37-38-33(43)23-45-35-40-39-34(25-12-14-26(15-13-25)36(2,3)4)42(35)27-16-18-28(44-5)19-17-27/h7-22H,6,23H2,1-5H3,(H,38,43)/b37-22+. The first-order chi connectivity index (χ1) is 21.8. The van der Waals surface area contributed by atoms with E-state index in [0.717, 1.165) is 29.1 Å². The van der Waals surface area contributed by atoms with Gasteiger partial charge in [-0.15, -0.1) is 10.2 Å². The number of ether oxygens (including phenoxy) is 1. The molecule has 0 aliphatic heterocycles. The molecule has 0 radical (unpaired) electrons. The van der Waals surface area contributed by atoms with E-state index in [0.29, 0.717) is 11.0 Å². The molecule has 0 aliphatic carbocycles. The molecule has 8 nitrogen and oxygen atoms in total. The van der Waals surface area contributed by atoms with Gasteiger partial charge in [0, 0.05) is 39.6 Å². The zero-order valence-corrected chi connectivity index (χ0v) is 26.9. The second-order valence-corrected chi connectivity index (χ2v) is 12.7. The van der Waals surface area contributed by atoms with Crippen molar-refractivity contribution in [2.45, 2.75) is 44.8 Å². The Balaban J connectivity index is 1.19. The molecule has 45 heavy (non-hydrogen) atoms. The Morgan fingerprint density at radius 2 is 1.67 bits per heavy atom. The van der Waals surface area contributed by atoms with Crippen LogP contribution in [-0.2, 0) is 16.8 Å². The summed E-state index contributed by atoms with van der Waals surface area (Å²) in [7, 11) is 1.64. The second-order valence-electron chi connectivity index (χ2n) is 11.8. The van der Waals surface area contributed by atoms with Crippen molar-refractivity contribution in [2.75, 3.05) is 12.9 Å². The third-order valence-electron chi connectivity index (χ3n) is 7.82. The lowest BCUT2D eigenvalue weighted by Crippen LogP contribution is -2.20. The molecule has 1 N–H and O–H groups in total. The maximum atomic E-state index is 12.9. The summed E-state index contributed by atoms with van der Waals surface area (Å²) in [6, 6.07) is 30.7. The number of methoxy groups -OCH3 is 1. The number of carbonyl (C=O) groups excluding carboxylic acids is 1. The number of aryl methyl sites for hydroxylation is 1. The van der Waals surface area contributed by atoms with Gasteiger partial charge in [-0.25, -0.2) is 5.43 Å². The van der Waals surface area contributed by atoms with Gasteiger partial charge in [-0.2, -0.15) is 5.10 Å². The molecule has 1 amide bonds. The Morgan fingerprint density at radius 1 is 0.933 bits per heavy atom. The topological polar surface area (TPSA) is 86.3 Å². The van der Waals surface area contributed by atoms with E-state index >= 15 is 0 Å². The van der Waals surface area contributed by atoms with Gasteiger partial charge in [0.25, 0.3) is 5.91 Å². The number of para-hydroxylation sites is 1. The fraction of sp³-hybridized carbons (Fsp3) is 0.222. The van der Waals surface area contributed by atoms with E-state index in [1.54, 1.807) is 13.3 Å². The van der Waals surface area contributed by atoms with E-state index in [1.807, 2.05) is 34.9 Å². The summed E-state index contributed by atoms with van der Waals surface area (Å²) in [6.45, 7) is 9.62. The van der Waals surface area contributed by atoms with Gasteiger partial charge < -0.3 is 9.30 Å². The molecular formula is C36H36N6O2S. The summed E-state index contributed by atoms with van der Waals surface area (Å²) in [5, 5.41) is 16.2. The number of nitrogens with one attached hydrogen (secondary N) is 1. The highest BCUT2D eigenvalue weighted by Gasteiger charge is 2.19. The fourth-order valence-corrected chi connectivity index (χ4v) is 6.21. The average Bonchev–Trinajstić information content (AvgIpc) is 3.62. The van der Waals surface area contributed by atoms with Gasteiger partial charge in [0.15, 0.2) is 11.0 Å². The van der Waals surface area contributed by atoms with Crippen molar-refractivity contribution in [3.05, 3.63) is 102 Å². The van der Waals surface area contributed by atoms with Crippen LogP contribution in [0.25, 0.3) is 38.9 Å². The molecule has 6 aromatic rings. The smallest absolute Gasteiger partial charge is 0.250 e. The summed E-state index contributed by atoms with van der Waals surface area (Å²) in [5.74, 6) is 1.34. The minimum atomic E-state index is -0.236. The van der Waals surface area contributed by atoms with Crippen LogP contribution in [-0.4, -0.2) is 44.3 Å². The van der Waals surface area contributed by atoms with E-state index in [2.05, 4.69) is 114 Å². The van der Waals surface area contributed by atoms with Gasteiger partial charge in [0.2, 0.25) is 0 Å². The monoisotopic (exact) mass is 616 g/mol. The highest BCUT2D eigenvalue weighted by atomic mass is 32.2. The number of thioether (sulfide) groups is 1. The van der Waals surface area contributed by atoms with Crippen molar-refractivity contribution in [2.24, 2.45) is 5.10 Å². The first-order valence-electron chi connectivity index (χ1n) is 14.9. The maximum absolute atomic E-state index is 12.9. The van der Waals surface area contributed by atoms with Gasteiger partial charge in [-0.3, -0.25) is 9.36 Å². The summed E-state index contributed by atoms with van der Waals surface area (Å²) in [4.78, 5) is 12.9. The Hall–Kier alpha value is -4.89. The molecule has 0 spiro atoms. The molecule has 0 atom stereocenters. The number of hydrogen-bond acceptors (Lipinski definition) is 6. The van der Waals surface area contributed by atoms with E-state index in [4.69, 9.17) is 4.74 Å². The predicted molar refractivity (Wildman–Crippen MR) is 184 cm³/mol. The van der Waals surface area contributed by atoms with Crippen molar-refractivity contribution in [3.63, 3.8) is 0 Å². The van der Waals surface area contributed by atoms with Crippen LogP contribution in [0, 0.1) is 0 Å². The molecule has 0 fully saturated rings. The quantitative estimate of drug-likeness (QED) is 0.103. The average molecular weight is 617 g/mol. The van der Waals surface area contributed by atoms with Crippen LogP contribution in [0.5, 0.6) is 5.75 Å². The number of hydrogen-bond donors (Lipinski definition) is 1. The molecule has 4 aromatic carbocycles. The van der Waals surface area contributed by atoms with Crippen LogP contribution in [0.1, 0.15) is 38.8 Å². The van der Waals surface area contributed by atoms with E-state index in [9.17, 15) is 4.79 Å². The molecule has 2 heterocycles. The Morgan fingerprint density at radius 3 is 2.38 bits per heavy atom. The van der Waals surface area contributed by atoms with Gasteiger partial charge in [0.05, 0.1) is 19.1 Å². The largest absolute Gasteiger partial charge is 0.497 e. The lowest BCUT2D eigenvalue weighted by molar-refractivity contribution is -0.118. The van der Waals surface area contributed by atoms with Crippen molar-refractivity contribution < 1.29 is 9.53 Å². The number of benzene rings is 4. The summed E-state index contributed by atoms with van der Waals surface area (Å²) in [5.41, 5.74) is 9.06. The molecule has 0 saturated heterocycles. The number of amides is 1. The normalized spacial score (nSPS) is 11.9. The number of aromatic nitrogens is 4. The SMILES string of the molecule is CCn1c2ccccc2c2cc(/C=N/NC(=O)CSc3nnc(-c4ccc(C(C)(C)C)cc4)n3-c3ccc(OC)cc3)ccc21. The third-order valence-corrected chi connectivity index (χ3v) is 8.75. The van der Waals surface area contributed by atoms with E-state index in [-0.39, 0.29) is 17.1 Å². The van der Waals surface area contributed by atoms with Crippen molar-refractivity contribution in [1.29, 1.82) is 0 Å². The molecule has 0 unspecified atom stereocenters. The van der Waals surface area contributed by atoms with E-state index in [1.165, 1.54) is 39.1 Å². The summed E-state index contributed by atoms with van der Waals surface area (Å²) >= 11 is 1.31. The van der Waals surface area contributed by atoms with Crippen molar-refractivity contribution in [3.8, 4) is 22.8 Å². The Labute approximate surface area is 267 Å². The van der Waals surface area contributed by atoms with Crippen molar-refractivity contribution >= 4 is 45.7 Å². The Bertz CT molecular complexity index is 2000. The number of hydrazone groups is 1. The highest BCUT2D eigenvalue weighted by Crippen LogP contribution is 2.31.